The summed E-state index contributed by atoms with van der Waals surface area (Å²) < 4.78 is 34.0. The van der Waals surface area contributed by atoms with Gasteiger partial charge in [0.15, 0.2) is 5.82 Å². The Labute approximate surface area is 218 Å². The smallest absolute Gasteiger partial charge is 0.261 e. The van der Waals surface area contributed by atoms with Gasteiger partial charge in [-0.2, -0.15) is 0 Å². The lowest BCUT2D eigenvalue weighted by molar-refractivity contribution is 0.0115. The number of carbonyl (C=O) groups is 1. The van der Waals surface area contributed by atoms with E-state index < -0.39 is 11.8 Å². The number of anilines is 1. The highest BCUT2D eigenvalue weighted by molar-refractivity contribution is 6.03. The van der Waals surface area contributed by atoms with Crippen LogP contribution in [0.1, 0.15) is 54.6 Å². The zero-order valence-electron chi connectivity index (χ0n) is 21.6. The molecule has 0 spiro atoms. The lowest BCUT2D eigenvalue weighted by Gasteiger charge is -2.15. The fourth-order valence-corrected chi connectivity index (χ4v) is 4.18. The predicted octanol–water partition coefficient (Wildman–Crippen LogP) is 4.41. The minimum atomic E-state index is -2.64. The van der Waals surface area contributed by atoms with E-state index in [-0.39, 0.29) is 18.4 Å². The lowest BCUT2D eigenvalue weighted by atomic mass is 9.93. The van der Waals surface area contributed by atoms with Crippen molar-refractivity contribution in [2.24, 2.45) is 0 Å². The third kappa shape index (κ3) is 5.59. The van der Waals surface area contributed by atoms with Gasteiger partial charge in [0.25, 0.3) is 11.8 Å². The zero-order valence-corrected chi connectivity index (χ0v) is 21.6. The van der Waals surface area contributed by atoms with Crippen LogP contribution in [0.4, 0.5) is 14.6 Å². The van der Waals surface area contributed by atoms with E-state index in [1.54, 1.807) is 42.5 Å². The number of amides is 1. The Kier molecular flexibility index (Phi) is 6.51. The molecule has 0 aliphatic carbocycles. The number of aryl methyl sites for hydroxylation is 1. The van der Waals surface area contributed by atoms with Gasteiger partial charge in [0, 0.05) is 55.1 Å². The van der Waals surface area contributed by atoms with Gasteiger partial charge in [0.1, 0.15) is 11.5 Å². The first kappa shape index (κ1) is 25.6. The minimum absolute atomic E-state index is 0.130. The summed E-state index contributed by atoms with van der Waals surface area (Å²) in [6.45, 7) is 8.25. The molecule has 5 heterocycles. The summed E-state index contributed by atoms with van der Waals surface area (Å²) in [5.74, 6) is -2.06. The maximum atomic E-state index is 13.6. The van der Waals surface area contributed by atoms with Crippen molar-refractivity contribution in [1.29, 1.82) is 0 Å². The zero-order chi connectivity index (χ0) is 27.1. The number of likely N-dealkylation sites (tertiary alicyclic amines) is 1. The molecular formula is C26H28F2N8O2. The van der Waals surface area contributed by atoms with Gasteiger partial charge in [-0.15, -0.1) is 5.10 Å². The lowest BCUT2D eigenvalue weighted by Crippen LogP contribution is -2.24. The molecule has 0 bridgehead atoms. The molecule has 38 heavy (non-hydrogen) atoms. The molecule has 5 rings (SSSR count). The molecule has 1 aliphatic rings. The first-order valence-electron chi connectivity index (χ1n) is 12.2. The molecule has 0 saturated carbocycles. The summed E-state index contributed by atoms with van der Waals surface area (Å²) in [4.78, 5) is 23.2. The molecule has 0 radical (unpaired) electrons. The predicted molar refractivity (Wildman–Crippen MR) is 135 cm³/mol. The van der Waals surface area contributed by atoms with Crippen LogP contribution in [-0.2, 0) is 12.0 Å². The second-order valence-corrected chi connectivity index (χ2v) is 10.6. The van der Waals surface area contributed by atoms with Crippen molar-refractivity contribution in [1.82, 2.24) is 35.0 Å². The van der Waals surface area contributed by atoms with Gasteiger partial charge in [-0.3, -0.25) is 19.7 Å². The number of aromatic nitrogens is 6. The van der Waals surface area contributed by atoms with Crippen LogP contribution in [0.3, 0.4) is 0 Å². The Bertz CT molecular complexity index is 1470. The highest BCUT2D eigenvalue weighted by atomic mass is 19.3. The van der Waals surface area contributed by atoms with Gasteiger partial charge in [-0.05, 0) is 24.6 Å². The van der Waals surface area contributed by atoms with Crippen molar-refractivity contribution in [2.45, 2.75) is 52.0 Å². The normalized spacial score (nSPS) is 15.6. The summed E-state index contributed by atoms with van der Waals surface area (Å²) in [7, 11) is 0. The monoisotopic (exact) mass is 522 g/mol. The molecule has 1 fully saturated rings. The van der Waals surface area contributed by atoms with Crippen LogP contribution >= 0.6 is 0 Å². The maximum absolute atomic E-state index is 13.6. The van der Waals surface area contributed by atoms with Gasteiger partial charge >= 0.3 is 0 Å². The van der Waals surface area contributed by atoms with Crippen molar-refractivity contribution >= 4 is 11.7 Å². The van der Waals surface area contributed by atoms with Gasteiger partial charge in [-0.25, -0.2) is 13.5 Å². The van der Waals surface area contributed by atoms with Gasteiger partial charge in [-0.1, -0.05) is 31.1 Å². The molecule has 10 nitrogen and oxygen atoms in total. The minimum Gasteiger partial charge on any atom is -0.359 e. The standard InChI is InChI=1S/C26H28F2N8O2/c1-16-21(8-19(12-30-16)24(37)31-23-9-22(38-33-23)25(2,3)4)36-14-20(32-34-36)18-7-17(10-29-11-18)13-35-6-5-26(27,28)15-35/h7-12,14H,5-6,13,15H2,1-4H3,(H,31,33,37). The number of nitrogens with zero attached hydrogens (tertiary/aromatic N) is 7. The number of halogens is 2. The second kappa shape index (κ2) is 9.67. The molecule has 0 atom stereocenters. The van der Waals surface area contributed by atoms with Gasteiger partial charge in [0.05, 0.1) is 29.7 Å². The van der Waals surface area contributed by atoms with Crippen LogP contribution < -0.4 is 5.32 Å². The van der Waals surface area contributed by atoms with Gasteiger partial charge < -0.3 is 9.84 Å². The summed E-state index contributed by atoms with van der Waals surface area (Å²) in [5, 5.41) is 15.1. The molecule has 4 aromatic heterocycles. The fraction of sp³-hybridized carbons (Fsp3) is 0.385. The quantitative estimate of drug-likeness (QED) is 0.396. The Morgan fingerprint density at radius 3 is 2.71 bits per heavy atom. The molecular weight excluding hydrogens is 494 g/mol. The molecule has 1 amide bonds. The summed E-state index contributed by atoms with van der Waals surface area (Å²) in [6.07, 6.45) is 6.38. The highest BCUT2D eigenvalue weighted by Gasteiger charge is 2.37. The largest absolute Gasteiger partial charge is 0.359 e. The molecule has 0 unspecified atom stereocenters. The van der Waals surface area contributed by atoms with E-state index in [2.05, 4.69) is 30.8 Å². The van der Waals surface area contributed by atoms with Crippen molar-refractivity contribution in [2.75, 3.05) is 18.4 Å². The van der Waals surface area contributed by atoms with Crippen molar-refractivity contribution in [3.05, 3.63) is 65.6 Å². The number of hydrogen-bond acceptors (Lipinski definition) is 8. The Balaban J connectivity index is 1.33. The first-order valence-corrected chi connectivity index (χ1v) is 12.2. The third-order valence-electron chi connectivity index (χ3n) is 6.30. The molecule has 1 saturated heterocycles. The summed E-state index contributed by atoms with van der Waals surface area (Å²) in [6, 6.07) is 5.24. The van der Waals surface area contributed by atoms with E-state index in [1.165, 1.54) is 10.9 Å². The van der Waals surface area contributed by atoms with Crippen LogP contribution in [0.5, 0.6) is 0 Å². The van der Waals surface area contributed by atoms with Crippen molar-refractivity contribution in [3.63, 3.8) is 0 Å². The first-order chi connectivity index (χ1) is 18.0. The number of nitrogens with one attached hydrogen (secondary N) is 1. The van der Waals surface area contributed by atoms with Crippen LogP contribution in [0, 0.1) is 6.92 Å². The van der Waals surface area contributed by atoms with E-state index in [9.17, 15) is 13.6 Å². The number of carbonyl (C=O) groups excluding carboxylic acids is 1. The van der Waals surface area contributed by atoms with E-state index >= 15 is 0 Å². The third-order valence-corrected chi connectivity index (χ3v) is 6.30. The van der Waals surface area contributed by atoms with E-state index in [0.717, 1.165) is 5.56 Å². The Morgan fingerprint density at radius 1 is 1.18 bits per heavy atom. The molecule has 1 aliphatic heterocycles. The van der Waals surface area contributed by atoms with Gasteiger partial charge in [0.2, 0.25) is 0 Å². The molecule has 4 aromatic rings. The second-order valence-electron chi connectivity index (χ2n) is 10.6. The average molecular weight is 523 g/mol. The summed E-state index contributed by atoms with van der Waals surface area (Å²) in [5.41, 5.74) is 3.38. The van der Waals surface area contributed by atoms with E-state index in [0.29, 0.717) is 52.9 Å². The van der Waals surface area contributed by atoms with Crippen molar-refractivity contribution in [3.8, 4) is 16.9 Å². The molecule has 1 N–H and O–H groups in total. The van der Waals surface area contributed by atoms with Crippen molar-refractivity contribution < 1.29 is 18.1 Å². The molecule has 198 valence electrons. The molecule has 0 aromatic carbocycles. The Hall–Kier alpha value is -4.06. The van der Waals surface area contributed by atoms with Crippen LogP contribution in [0.15, 0.2) is 47.5 Å². The average Bonchev–Trinajstić information content (AvgIpc) is 3.59. The van der Waals surface area contributed by atoms with E-state index in [4.69, 9.17) is 4.52 Å². The topological polar surface area (TPSA) is 115 Å². The van der Waals surface area contributed by atoms with Crippen LogP contribution in [-0.4, -0.2) is 59.9 Å². The number of hydrogen-bond donors (Lipinski definition) is 1. The summed E-state index contributed by atoms with van der Waals surface area (Å²) >= 11 is 0. The fourth-order valence-electron chi connectivity index (χ4n) is 4.18. The molecule has 12 heteroatoms. The SMILES string of the molecule is Cc1ncc(C(=O)Nc2cc(C(C)(C)C)on2)cc1-n1cc(-c2cncc(CN3CCC(F)(F)C3)c2)nn1. The van der Waals surface area contributed by atoms with Crippen LogP contribution in [0.2, 0.25) is 0 Å². The van der Waals surface area contributed by atoms with E-state index in [1.807, 2.05) is 26.8 Å². The Morgan fingerprint density at radius 2 is 2.00 bits per heavy atom. The maximum Gasteiger partial charge on any atom is 0.261 e. The highest BCUT2D eigenvalue weighted by Crippen LogP contribution is 2.29. The van der Waals surface area contributed by atoms with Crippen LogP contribution in [0.25, 0.3) is 16.9 Å². The number of alkyl halides is 2. The number of rotatable bonds is 6. The number of pyridine rings is 2.